The Morgan fingerprint density at radius 3 is 2.43 bits per heavy atom. The maximum Gasteiger partial charge on any atom is 0.573 e. The molecule has 0 aromatic heterocycles. The van der Waals surface area contributed by atoms with Crippen LogP contribution in [0.2, 0.25) is 5.02 Å². The standard InChI is InChI=1S/C15H10ClF3O2/c1-9-5-11(7-12(16)6-9)14(20)10-3-2-4-13(8-10)21-15(17,18)19/h2-8H,1H3. The van der Waals surface area contributed by atoms with Crippen molar-refractivity contribution in [2.45, 2.75) is 13.3 Å². The van der Waals surface area contributed by atoms with Gasteiger partial charge in [0.15, 0.2) is 5.78 Å². The van der Waals surface area contributed by atoms with Gasteiger partial charge in [0.05, 0.1) is 0 Å². The van der Waals surface area contributed by atoms with E-state index in [1.165, 1.54) is 18.2 Å². The van der Waals surface area contributed by atoms with E-state index in [1.807, 2.05) is 0 Å². The van der Waals surface area contributed by atoms with Crippen LogP contribution in [0.4, 0.5) is 13.2 Å². The molecule has 0 fully saturated rings. The number of halogens is 4. The van der Waals surface area contributed by atoms with Gasteiger partial charge in [-0.05, 0) is 42.8 Å². The summed E-state index contributed by atoms with van der Waals surface area (Å²) in [6.07, 6.45) is -4.80. The predicted octanol–water partition coefficient (Wildman–Crippen LogP) is 4.78. The van der Waals surface area contributed by atoms with Crippen molar-refractivity contribution in [2.75, 3.05) is 0 Å². The molecule has 6 heteroatoms. The van der Waals surface area contributed by atoms with Crippen LogP contribution in [0.5, 0.6) is 5.75 Å². The van der Waals surface area contributed by atoms with Gasteiger partial charge in [0, 0.05) is 16.1 Å². The minimum Gasteiger partial charge on any atom is -0.406 e. The molecule has 0 N–H and O–H groups in total. The summed E-state index contributed by atoms with van der Waals surface area (Å²) in [5, 5.41) is 0.390. The molecule has 2 aromatic rings. The third-order valence-electron chi connectivity index (χ3n) is 2.63. The lowest BCUT2D eigenvalue weighted by molar-refractivity contribution is -0.274. The molecule has 0 amide bonds. The molecule has 0 aliphatic rings. The summed E-state index contributed by atoms with van der Waals surface area (Å²) in [5.74, 6) is -0.861. The molecule has 2 nitrogen and oxygen atoms in total. The molecule has 110 valence electrons. The van der Waals surface area contributed by atoms with E-state index in [-0.39, 0.29) is 5.56 Å². The molecule has 21 heavy (non-hydrogen) atoms. The van der Waals surface area contributed by atoms with Crippen LogP contribution in [0.1, 0.15) is 21.5 Å². The van der Waals surface area contributed by atoms with Crippen LogP contribution in [0.3, 0.4) is 0 Å². The monoisotopic (exact) mass is 314 g/mol. The lowest BCUT2D eigenvalue weighted by Gasteiger charge is -2.10. The molecule has 0 radical (unpaired) electrons. The highest BCUT2D eigenvalue weighted by molar-refractivity contribution is 6.31. The zero-order chi connectivity index (χ0) is 15.6. The molecule has 2 rings (SSSR count). The second-order valence-electron chi connectivity index (χ2n) is 4.42. The summed E-state index contributed by atoms with van der Waals surface area (Å²) in [6, 6.07) is 9.69. The number of ketones is 1. The Labute approximate surface area is 124 Å². The highest BCUT2D eigenvalue weighted by Gasteiger charge is 2.31. The molecule has 0 aliphatic carbocycles. The van der Waals surface area contributed by atoms with Gasteiger partial charge < -0.3 is 4.74 Å². The number of ether oxygens (including phenoxy) is 1. The van der Waals surface area contributed by atoms with E-state index in [9.17, 15) is 18.0 Å². The van der Waals surface area contributed by atoms with Crippen LogP contribution >= 0.6 is 11.6 Å². The fourth-order valence-corrected chi connectivity index (χ4v) is 2.16. The minimum absolute atomic E-state index is 0.0958. The van der Waals surface area contributed by atoms with Crippen LogP contribution in [0.25, 0.3) is 0 Å². The molecule has 0 aliphatic heterocycles. The van der Waals surface area contributed by atoms with E-state index in [2.05, 4.69) is 4.74 Å². The molecule has 0 saturated heterocycles. The number of aryl methyl sites for hydroxylation is 1. The SMILES string of the molecule is Cc1cc(Cl)cc(C(=O)c2cccc(OC(F)(F)F)c2)c1. The fraction of sp³-hybridized carbons (Fsp3) is 0.133. The van der Waals surface area contributed by atoms with Crippen molar-refractivity contribution in [3.63, 3.8) is 0 Å². The number of alkyl halides is 3. The largest absolute Gasteiger partial charge is 0.573 e. The van der Waals surface area contributed by atoms with Crippen LogP contribution < -0.4 is 4.74 Å². The lowest BCUT2D eigenvalue weighted by Crippen LogP contribution is -2.17. The minimum atomic E-state index is -4.80. The first-order valence-corrected chi connectivity index (χ1v) is 6.30. The van der Waals surface area contributed by atoms with Gasteiger partial charge in [0.1, 0.15) is 5.75 Å². The third kappa shape index (κ3) is 4.23. The molecule has 0 atom stereocenters. The molecular formula is C15H10ClF3O2. The molecule has 0 unspecified atom stereocenters. The van der Waals surface area contributed by atoms with E-state index in [0.717, 1.165) is 17.7 Å². The van der Waals surface area contributed by atoms with E-state index in [4.69, 9.17) is 11.6 Å². The summed E-state index contributed by atoms with van der Waals surface area (Å²) in [5.41, 5.74) is 1.19. The van der Waals surface area contributed by atoms with Gasteiger partial charge in [0.2, 0.25) is 0 Å². The number of rotatable bonds is 3. The van der Waals surface area contributed by atoms with Gasteiger partial charge in [-0.25, -0.2) is 0 Å². The van der Waals surface area contributed by atoms with Gasteiger partial charge >= 0.3 is 6.36 Å². The van der Waals surface area contributed by atoms with Crippen molar-refractivity contribution in [2.24, 2.45) is 0 Å². The summed E-state index contributed by atoms with van der Waals surface area (Å²) in [6.45, 7) is 1.77. The molecule has 0 spiro atoms. The Morgan fingerprint density at radius 1 is 1.10 bits per heavy atom. The highest BCUT2D eigenvalue weighted by Crippen LogP contribution is 2.25. The Hall–Kier alpha value is -2.01. The molecule has 0 saturated carbocycles. The van der Waals surface area contributed by atoms with Crippen LogP contribution in [-0.4, -0.2) is 12.1 Å². The Balaban J connectivity index is 2.33. The third-order valence-corrected chi connectivity index (χ3v) is 2.85. The fourth-order valence-electron chi connectivity index (χ4n) is 1.87. The second-order valence-corrected chi connectivity index (χ2v) is 4.86. The highest BCUT2D eigenvalue weighted by atomic mass is 35.5. The first-order chi connectivity index (χ1) is 9.74. The van der Waals surface area contributed by atoms with Crippen molar-refractivity contribution in [3.8, 4) is 5.75 Å². The molecule has 0 heterocycles. The van der Waals surface area contributed by atoms with E-state index in [1.54, 1.807) is 19.1 Å². The van der Waals surface area contributed by atoms with E-state index < -0.39 is 17.9 Å². The first-order valence-electron chi connectivity index (χ1n) is 5.92. The van der Waals surface area contributed by atoms with E-state index in [0.29, 0.717) is 10.6 Å². The smallest absolute Gasteiger partial charge is 0.406 e. The van der Waals surface area contributed by atoms with Crippen molar-refractivity contribution < 1.29 is 22.7 Å². The zero-order valence-corrected chi connectivity index (χ0v) is 11.6. The quantitative estimate of drug-likeness (QED) is 0.762. The summed E-state index contributed by atoms with van der Waals surface area (Å²) in [4.78, 5) is 12.3. The van der Waals surface area contributed by atoms with Crippen molar-refractivity contribution in [1.29, 1.82) is 0 Å². The van der Waals surface area contributed by atoms with Crippen LogP contribution in [0, 0.1) is 6.92 Å². The van der Waals surface area contributed by atoms with Crippen LogP contribution in [0.15, 0.2) is 42.5 Å². The Morgan fingerprint density at radius 2 is 1.81 bits per heavy atom. The maximum atomic E-state index is 12.3. The lowest BCUT2D eigenvalue weighted by atomic mass is 10.0. The van der Waals surface area contributed by atoms with E-state index >= 15 is 0 Å². The topological polar surface area (TPSA) is 26.3 Å². The first kappa shape index (κ1) is 15.4. The van der Waals surface area contributed by atoms with Crippen molar-refractivity contribution >= 4 is 17.4 Å². The summed E-state index contributed by atoms with van der Waals surface area (Å²) in [7, 11) is 0. The molecular weight excluding hydrogens is 305 g/mol. The predicted molar refractivity (Wildman–Crippen MR) is 72.7 cm³/mol. The average molecular weight is 315 g/mol. The summed E-state index contributed by atoms with van der Waals surface area (Å²) < 4.78 is 40.3. The summed E-state index contributed by atoms with van der Waals surface area (Å²) >= 11 is 5.87. The van der Waals surface area contributed by atoms with Gasteiger partial charge in [-0.2, -0.15) is 0 Å². The Kier molecular flexibility index (Phi) is 4.23. The van der Waals surface area contributed by atoms with Gasteiger partial charge in [0.25, 0.3) is 0 Å². The van der Waals surface area contributed by atoms with Crippen LogP contribution in [-0.2, 0) is 0 Å². The molecule has 2 aromatic carbocycles. The zero-order valence-electron chi connectivity index (χ0n) is 10.9. The average Bonchev–Trinajstić information content (AvgIpc) is 2.35. The van der Waals surface area contributed by atoms with Gasteiger partial charge in [-0.15, -0.1) is 13.2 Å². The van der Waals surface area contributed by atoms with Gasteiger partial charge in [-0.1, -0.05) is 23.7 Å². The van der Waals surface area contributed by atoms with Crippen molar-refractivity contribution in [1.82, 2.24) is 0 Å². The number of carbonyl (C=O) groups is 1. The number of carbonyl (C=O) groups excluding carboxylic acids is 1. The normalized spacial score (nSPS) is 11.3. The number of hydrogen-bond acceptors (Lipinski definition) is 2. The van der Waals surface area contributed by atoms with Gasteiger partial charge in [-0.3, -0.25) is 4.79 Å². The van der Waals surface area contributed by atoms with Crippen molar-refractivity contribution in [3.05, 3.63) is 64.2 Å². The molecule has 0 bridgehead atoms. The number of hydrogen-bond donors (Lipinski definition) is 0. The number of benzene rings is 2. The second kappa shape index (κ2) is 5.77. The maximum absolute atomic E-state index is 12.3. The Bertz CT molecular complexity index is 661.